The van der Waals surface area contributed by atoms with E-state index >= 15 is 0 Å². The van der Waals surface area contributed by atoms with Crippen molar-refractivity contribution in [3.63, 3.8) is 0 Å². The van der Waals surface area contributed by atoms with E-state index in [1.807, 2.05) is 6.92 Å². The van der Waals surface area contributed by atoms with Crippen LogP contribution in [0.1, 0.15) is 59.3 Å². The smallest absolute Gasteiger partial charge is 0.461 e. The Morgan fingerprint density at radius 1 is 0.972 bits per heavy atom. The van der Waals surface area contributed by atoms with E-state index in [-0.39, 0.29) is 108 Å². The van der Waals surface area contributed by atoms with Crippen LogP contribution in [-0.2, 0) is 33.5 Å². The predicted molar refractivity (Wildman–Crippen MR) is 131 cm³/mol. The third-order valence-corrected chi connectivity index (χ3v) is 4.55. The largest absolute Gasteiger partial charge is 1.00 e. The van der Waals surface area contributed by atoms with Gasteiger partial charge in [0, 0.05) is 25.4 Å². The Bertz CT molecular complexity index is 719. The fourth-order valence-electron chi connectivity index (χ4n) is 2.53. The van der Waals surface area contributed by atoms with Gasteiger partial charge in [0.1, 0.15) is 18.4 Å². The number of aldehydes is 1. The number of ether oxygens (including phenoxy) is 1. The molecule has 0 aromatic heterocycles. The summed E-state index contributed by atoms with van der Waals surface area (Å²) in [5, 5.41) is 15.1. The summed E-state index contributed by atoms with van der Waals surface area (Å²) in [7, 11) is 1.78. The van der Waals surface area contributed by atoms with E-state index in [2.05, 4.69) is 28.6 Å². The number of nitrogens with two attached hydrogens (primary N) is 1. The number of esters is 1. The van der Waals surface area contributed by atoms with Gasteiger partial charge in [-0.1, -0.05) is 0 Å². The fourth-order valence-corrected chi connectivity index (χ4v) is 2.53. The van der Waals surface area contributed by atoms with Crippen LogP contribution in [-0.4, -0.2) is 79.7 Å². The number of nitrogens with one attached hydrogen (secondary N) is 4. The zero-order chi connectivity index (χ0) is 27.4. The molecule has 0 spiro atoms. The van der Waals surface area contributed by atoms with Crippen molar-refractivity contribution in [3.8, 4) is 0 Å². The molecule has 0 heterocycles. The van der Waals surface area contributed by atoms with Crippen LogP contribution >= 0.6 is 0 Å². The quantitative estimate of drug-likeness (QED) is 0.0413. The molecule has 6 N–H and O–H groups in total. The Labute approximate surface area is 255 Å². The zero-order valence-electron chi connectivity index (χ0n) is 22.1. The molecule has 2 amide bonds. The van der Waals surface area contributed by atoms with Crippen molar-refractivity contribution in [2.75, 3.05) is 13.6 Å². The van der Waals surface area contributed by atoms with E-state index in [9.17, 15) is 24.0 Å². The number of Topliss-reactive ketones (excluding diaryl/α,β-unsaturated/α-hetero) is 2. The third kappa shape index (κ3) is 21.8. The summed E-state index contributed by atoms with van der Waals surface area (Å²) in [6.07, 6.45) is 1.40. The second-order valence-corrected chi connectivity index (χ2v) is 8.02. The number of rotatable bonds is 17. The minimum atomic E-state index is -1.13. The van der Waals surface area contributed by atoms with Crippen molar-refractivity contribution < 1.29 is 84.9 Å². The van der Waals surface area contributed by atoms with Crippen molar-refractivity contribution in [2.45, 2.75) is 83.5 Å². The molecule has 0 aromatic carbocycles. The Morgan fingerprint density at radius 3 is 1.97 bits per heavy atom. The normalized spacial score (nSPS) is 12.4. The summed E-state index contributed by atoms with van der Waals surface area (Å²) in [6.45, 7) is 8.62. The SMILES string of the molecule is NCC=O.[CH2-]C(=O)CCC(NC(=O)CCC(C)NC)C(=O)NC(CCC(=O)C=N)C(=O)OC(C)C.[K+]. The van der Waals surface area contributed by atoms with Gasteiger partial charge in [-0.25, -0.2) is 4.79 Å². The molecule has 0 aliphatic heterocycles. The molecule has 3 atom stereocenters. The van der Waals surface area contributed by atoms with E-state index in [0.29, 0.717) is 18.9 Å². The van der Waals surface area contributed by atoms with Gasteiger partial charge in [-0.3, -0.25) is 14.4 Å². The topological polar surface area (TPSA) is 198 Å². The van der Waals surface area contributed by atoms with Crippen molar-refractivity contribution in [2.24, 2.45) is 5.73 Å². The minimum absolute atomic E-state index is 0. The number of carbonyl (C=O) groups is 6. The molecule has 0 fully saturated rings. The van der Waals surface area contributed by atoms with E-state index in [0.717, 1.165) is 0 Å². The number of hydrogen-bond donors (Lipinski definition) is 5. The number of hydrogen-bond acceptors (Lipinski definition) is 10. The maximum Gasteiger partial charge on any atom is 1.00 e. The van der Waals surface area contributed by atoms with Gasteiger partial charge in [-0.05, 0) is 59.3 Å². The molecule has 0 bridgehead atoms. The summed E-state index contributed by atoms with van der Waals surface area (Å²) < 4.78 is 5.14. The standard InChI is InChI=1S/C21H35N4O6.C2H5NO.K/c1-13(2)31-21(30)18(10-8-16(27)12-22)25-20(29)17(9-7-15(4)26)24-19(28)11-6-14(3)23-5;3-1-2-4;/h12-14,17-18,22-23H,4,6-11H2,1-3,5H3,(H,24,28)(H,25,29);2H,1,3H2;/q-1;;+1. The Balaban J connectivity index is -0.00000201. The summed E-state index contributed by atoms with van der Waals surface area (Å²) in [6, 6.07) is -2.06. The Morgan fingerprint density at radius 2 is 1.53 bits per heavy atom. The van der Waals surface area contributed by atoms with Crippen LogP contribution in [0.4, 0.5) is 0 Å². The van der Waals surface area contributed by atoms with Crippen LogP contribution in [0.2, 0.25) is 0 Å². The first-order valence-corrected chi connectivity index (χ1v) is 11.4. The first-order chi connectivity index (χ1) is 16.4. The summed E-state index contributed by atoms with van der Waals surface area (Å²) in [5.41, 5.74) is 4.66. The molecular weight excluding hydrogens is 497 g/mol. The molecule has 0 rings (SSSR count). The molecule has 3 unspecified atom stereocenters. The summed E-state index contributed by atoms with van der Waals surface area (Å²) >= 11 is 0. The number of carbonyl (C=O) groups excluding carboxylic acids is 6. The van der Waals surface area contributed by atoms with Crippen LogP contribution in [0.5, 0.6) is 0 Å². The predicted octanol–water partition coefficient (Wildman–Crippen LogP) is -3.37. The van der Waals surface area contributed by atoms with E-state index in [1.165, 1.54) is 0 Å². The van der Waals surface area contributed by atoms with Crippen molar-refractivity contribution in [1.82, 2.24) is 16.0 Å². The molecule has 0 aromatic rings. The first kappa shape index (κ1) is 39.0. The maximum absolute atomic E-state index is 12.8. The first-order valence-electron chi connectivity index (χ1n) is 11.4. The van der Waals surface area contributed by atoms with Crippen molar-refractivity contribution >= 4 is 41.9 Å². The van der Waals surface area contributed by atoms with E-state index < -0.39 is 35.8 Å². The summed E-state index contributed by atoms with van der Waals surface area (Å²) in [4.78, 5) is 69.2. The average Bonchev–Trinajstić information content (AvgIpc) is 2.81. The molecule has 0 saturated carbocycles. The van der Waals surface area contributed by atoms with Gasteiger partial charge < -0.3 is 48.3 Å². The molecule has 12 nitrogen and oxygen atoms in total. The third-order valence-electron chi connectivity index (χ3n) is 4.55. The summed E-state index contributed by atoms with van der Waals surface area (Å²) in [5.74, 6) is -2.63. The van der Waals surface area contributed by atoms with Crippen LogP contribution < -0.4 is 73.1 Å². The van der Waals surface area contributed by atoms with Crippen LogP contribution in [0, 0.1) is 12.3 Å². The van der Waals surface area contributed by atoms with Gasteiger partial charge >= 0.3 is 57.4 Å². The second-order valence-electron chi connectivity index (χ2n) is 8.02. The monoisotopic (exact) mass is 537 g/mol. The number of amides is 2. The van der Waals surface area contributed by atoms with Gasteiger partial charge in [-0.2, -0.15) is 0 Å². The Kier molecular flexibility index (Phi) is 25.9. The van der Waals surface area contributed by atoms with Crippen LogP contribution in [0.15, 0.2) is 0 Å². The maximum atomic E-state index is 12.8. The molecule has 36 heavy (non-hydrogen) atoms. The molecular formula is C23H40KN5O7. The molecule has 0 radical (unpaired) electrons. The van der Waals surface area contributed by atoms with Gasteiger partial charge in [0.25, 0.3) is 0 Å². The molecule has 13 heteroatoms. The molecule has 0 aliphatic rings. The van der Waals surface area contributed by atoms with E-state index in [4.69, 9.17) is 14.9 Å². The molecule has 200 valence electrons. The molecule has 0 saturated heterocycles. The molecule has 0 aliphatic carbocycles. The van der Waals surface area contributed by atoms with Gasteiger partial charge in [0.2, 0.25) is 11.8 Å². The zero-order valence-corrected chi connectivity index (χ0v) is 25.2. The average molecular weight is 538 g/mol. The van der Waals surface area contributed by atoms with Crippen molar-refractivity contribution in [1.29, 1.82) is 5.41 Å². The fraction of sp³-hybridized carbons (Fsp3) is 0.652. The van der Waals surface area contributed by atoms with E-state index in [1.54, 1.807) is 20.9 Å². The van der Waals surface area contributed by atoms with Gasteiger partial charge in [-0.15, -0.1) is 0 Å². The number of ketones is 2. The van der Waals surface area contributed by atoms with Gasteiger partial charge in [0.15, 0.2) is 5.78 Å². The van der Waals surface area contributed by atoms with Crippen LogP contribution in [0.25, 0.3) is 0 Å². The van der Waals surface area contributed by atoms with Gasteiger partial charge in [0.05, 0.1) is 12.3 Å². The van der Waals surface area contributed by atoms with Crippen molar-refractivity contribution in [3.05, 3.63) is 6.92 Å². The second kappa shape index (κ2) is 23.9. The minimum Gasteiger partial charge on any atom is -0.461 e. The van der Waals surface area contributed by atoms with Crippen LogP contribution in [0.3, 0.4) is 0 Å². The Hall–Kier alpha value is -1.48.